The van der Waals surface area contributed by atoms with Crippen molar-refractivity contribution in [3.05, 3.63) is 65.7 Å². The molecule has 1 amide bonds. The third kappa shape index (κ3) is 5.22. The van der Waals surface area contributed by atoms with Gasteiger partial charge in [0.1, 0.15) is 0 Å². The fourth-order valence-electron chi connectivity index (χ4n) is 3.26. The van der Waals surface area contributed by atoms with Gasteiger partial charge in [-0.25, -0.2) is 0 Å². The topological polar surface area (TPSA) is 63.1 Å². The van der Waals surface area contributed by atoms with Crippen LogP contribution in [-0.4, -0.2) is 41.3 Å². The zero-order chi connectivity index (χ0) is 21.0. The molecule has 2 aromatic heterocycles. The van der Waals surface area contributed by atoms with E-state index in [0.717, 1.165) is 34.7 Å². The van der Waals surface area contributed by atoms with E-state index in [4.69, 9.17) is 0 Å². The summed E-state index contributed by atoms with van der Waals surface area (Å²) in [5.74, 6) is 0.163. The third-order valence-corrected chi connectivity index (χ3v) is 4.92. The van der Waals surface area contributed by atoms with E-state index in [9.17, 15) is 4.79 Å². The van der Waals surface area contributed by atoms with Gasteiger partial charge in [0.15, 0.2) is 0 Å². The number of rotatable bonds is 7. The summed E-state index contributed by atoms with van der Waals surface area (Å²) in [6.45, 7) is 7.50. The first-order chi connectivity index (χ1) is 13.8. The van der Waals surface area contributed by atoms with E-state index in [0.29, 0.717) is 12.1 Å². The second-order valence-corrected chi connectivity index (χ2v) is 7.83. The van der Waals surface area contributed by atoms with Crippen molar-refractivity contribution >= 4 is 11.6 Å². The van der Waals surface area contributed by atoms with Crippen LogP contribution in [0.1, 0.15) is 28.7 Å². The Bertz CT molecular complexity index is 975. The first-order valence-corrected chi connectivity index (χ1v) is 9.85. The number of carbonyl (C=O) groups excluding carboxylic acids is 1. The van der Waals surface area contributed by atoms with E-state index < -0.39 is 0 Å². The number of amides is 1. The number of hydrogen-bond donors (Lipinski definition) is 1. The molecule has 3 aromatic rings. The highest BCUT2D eigenvalue weighted by Gasteiger charge is 2.12. The molecule has 152 valence electrons. The van der Waals surface area contributed by atoms with E-state index >= 15 is 0 Å². The van der Waals surface area contributed by atoms with Crippen LogP contribution in [0.5, 0.6) is 0 Å². The van der Waals surface area contributed by atoms with Crippen molar-refractivity contribution in [3.63, 3.8) is 0 Å². The Labute approximate surface area is 172 Å². The molecule has 0 saturated heterocycles. The summed E-state index contributed by atoms with van der Waals surface area (Å²) in [7, 11) is 4.02. The Morgan fingerprint density at radius 2 is 1.83 bits per heavy atom. The maximum atomic E-state index is 12.6. The maximum absolute atomic E-state index is 12.6. The van der Waals surface area contributed by atoms with E-state index in [-0.39, 0.29) is 11.8 Å². The molecule has 3 rings (SSSR count). The summed E-state index contributed by atoms with van der Waals surface area (Å²) < 4.78 is 1.99. The molecule has 1 N–H and O–H groups in total. The summed E-state index contributed by atoms with van der Waals surface area (Å²) >= 11 is 0. The zero-order valence-corrected chi connectivity index (χ0v) is 17.8. The van der Waals surface area contributed by atoms with Crippen LogP contribution in [0.2, 0.25) is 0 Å². The van der Waals surface area contributed by atoms with Gasteiger partial charge in [0.2, 0.25) is 0 Å². The van der Waals surface area contributed by atoms with Gasteiger partial charge in [0.25, 0.3) is 5.91 Å². The highest BCUT2D eigenvalue weighted by atomic mass is 16.1. The average molecular weight is 392 g/mol. The minimum absolute atomic E-state index is 0.107. The maximum Gasteiger partial charge on any atom is 0.252 e. The third-order valence-electron chi connectivity index (χ3n) is 4.92. The second kappa shape index (κ2) is 8.90. The first-order valence-electron chi connectivity index (χ1n) is 9.85. The highest BCUT2D eigenvalue weighted by molar-refractivity contribution is 5.95. The molecule has 1 atom stereocenters. The van der Waals surface area contributed by atoms with Crippen LogP contribution >= 0.6 is 0 Å². The van der Waals surface area contributed by atoms with Crippen LogP contribution in [0.4, 0.5) is 5.69 Å². The number of aryl methyl sites for hydroxylation is 2. The molecule has 2 heterocycles. The van der Waals surface area contributed by atoms with Gasteiger partial charge >= 0.3 is 0 Å². The lowest BCUT2D eigenvalue weighted by molar-refractivity contribution is 0.0946. The van der Waals surface area contributed by atoms with Gasteiger partial charge in [-0.3, -0.25) is 14.5 Å². The molecule has 0 spiro atoms. The van der Waals surface area contributed by atoms with Crippen molar-refractivity contribution in [3.8, 4) is 11.1 Å². The Morgan fingerprint density at radius 3 is 2.45 bits per heavy atom. The van der Waals surface area contributed by atoms with Crippen molar-refractivity contribution in [1.82, 2.24) is 20.1 Å². The minimum Gasteiger partial charge on any atom is -0.378 e. The lowest BCUT2D eigenvalue weighted by Crippen LogP contribution is -2.30. The summed E-state index contributed by atoms with van der Waals surface area (Å²) in [5.41, 5.74) is 5.82. The number of hydrogen-bond acceptors (Lipinski definition) is 4. The van der Waals surface area contributed by atoms with E-state index in [2.05, 4.69) is 45.4 Å². The Balaban J connectivity index is 1.62. The number of benzene rings is 1. The SMILES string of the molecule is Cc1cc(C)n(C[C@@H](C)CNC(=O)c2cncc(-c3ccc(N(C)C)cc3)c2)n1. The molecule has 6 heteroatoms. The average Bonchev–Trinajstić information content (AvgIpc) is 3.03. The molecular formula is C23H29N5O. The number of anilines is 1. The number of aromatic nitrogens is 3. The Hall–Kier alpha value is -3.15. The molecule has 0 saturated carbocycles. The molecule has 0 unspecified atom stereocenters. The van der Waals surface area contributed by atoms with Gasteiger partial charge in [-0.15, -0.1) is 0 Å². The van der Waals surface area contributed by atoms with Gasteiger partial charge < -0.3 is 10.2 Å². The fourth-order valence-corrected chi connectivity index (χ4v) is 3.26. The molecule has 0 radical (unpaired) electrons. The van der Waals surface area contributed by atoms with E-state index in [1.165, 1.54) is 0 Å². The van der Waals surface area contributed by atoms with Crippen molar-refractivity contribution in [2.24, 2.45) is 5.92 Å². The van der Waals surface area contributed by atoms with Gasteiger partial charge in [-0.05, 0) is 49.6 Å². The quantitative estimate of drug-likeness (QED) is 0.667. The van der Waals surface area contributed by atoms with Crippen LogP contribution < -0.4 is 10.2 Å². The number of nitrogens with zero attached hydrogens (tertiary/aromatic N) is 4. The van der Waals surface area contributed by atoms with Crippen LogP contribution in [0.3, 0.4) is 0 Å². The van der Waals surface area contributed by atoms with Gasteiger partial charge in [-0.2, -0.15) is 5.10 Å². The summed E-state index contributed by atoms with van der Waals surface area (Å²) in [5, 5.41) is 7.51. The van der Waals surface area contributed by atoms with Crippen LogP contribution in [0.15, 0.2) is 48.8 Å². The first kappa shape index (κ1) is 20.6. The lowest BCUT2D eigenvalue weighted by Gasteiger charge is -2.14. The van der Waals surface area contributed by atoms with Crippen molar-refractivity contribution in [2.45, 2.75) is 27.3 Å². The molecule has 1 aromatic carbocycles. The summed E-state index contributed by atoms with van der Waals surface area (Å²) in [4.78, 5) is 18.9. The van der Waals surface area contributed by atoms with Crippen LogP contribution in [0, 0.1) is 19.8 Å². The van der Waals surface area contributed by atoms with Gasteiger partial charge in [-0.1, -0.05) is 19.1 Å². The van der Waals surface area contributed by atoms with Crippen LogP contribution in [-0.2, 0) is 6.54 Å². The van der Waals surface area contributed by atoms with Gasteiger partial charge in [0, 0.05) is 56.5 Å². The molecule has 6 nitrogen and oxygen atoms in total. The predicted molar refractivity (Wildman–Crippen MR) is 117 cm³/mol. The fraction of sp³-hybridized carbons (Fsp3) is 0.348. The minimum atomic E-state index is -0.107. The number of nitrogens with one attached hydrogen (secondary N) is 1. The molecule has 29 heavy (non-hydrogen) atoms. The van der Waals surface area contributed by atoms with Gasteiger partial charge in [0.05, 0.1) is 11.3 Å². The molecule has 0 aliphatic heterocycles. The molecule has 0 fully saturated rings. The van der Waals surface area contributed by atoms with E-state index in [1.807, 2.05) is 50.8 Å². The van der Waals surface area contributed by atoms with Crippen molar-refractivity contribution in [2.75, 3.05) is 25.5 Å². The molecule has 0 aliphatic carbocycles. The predicted octanol–water partition coefficient (Wildman–Crippen LogP) is 3.69. The lowest BCUT2D eigenvalue weighted by atomic mass is 10.1. The monoisotopic (exact) mass is 391 g/mol. The van der Waals surface area contributed by atoms with Crippen molar-refractivity contribution in [1.29, 1.82) is 0 Å². The molecule has 0 bridgehead atoms. The zero-order valence-electron chi connectivity index (χ0n) is 17.8. The standard InChI is InChI=1S/C23H29N5O/c1-16(15-28-18(3)10-17(2)26-28)12-25-23(29)21-11-20(13-24-14-21)19-6-8-22(9-7-19)27(4)5/h6-11,13-14,16H,12,15H2,1-5H3,(H,25,29)/t16-/m0/s1. The normalized spacial score (nSPS) is 11.9. The summed E-state index contributed by atoms with van der Waals surface area (Å²) in [6, 6.07) is 12.2. The number of pyridine rings is 1. The largest absolute Gasteiger partial charge is 0.378 e. The highest BCUT2D eigenvalue weighted by Crippen LogP contribution is 2.22. The molecular weight excluding hydrogens is 362 g/mol. The van der Waals surface area contributed by atoms with Crippen molar-refractivity contribution < 1.29 is 4.79 Å². The molecule has 0 aliphatic rings. The van der Waals surface area contributed by atoms with E-state index in [1.54, 1.807) is 12.4 Å². The smallest absolute Gasteiger partial charge is 0.252 e. The Kier molecular flexibility index (Phi) is 6.32. The van der Waals surface area contributed by atoms with Crippen LogP contribution in [0.25, 0.3) is 11.1 Å². The summed E-state index contributed by atoms with van der Waals surface area (Å²) in [6.07, 6.45) is 3.39. The number of carbonyl (C=O) groups is 1. The Morgan fingerprint density at radius 1 is 1.10 bits per heavy atom. The second-order valence-electron chi connectivity index (χ2n) is 7.83.